The quantitative estimate of drug-likeness (QED) is 0.507. The fourth-order valence-corrected chi connectivity index (χ4v) is 2.75. The average molecular weight is 317 g/mol. The molecule has 1 amide bonds. The van der Waals surface area contributed by atoms with Gasteiger partial charge in [-0.05, 0) is 25.1 Å². The van der Waals surface area contributed by atoms with Gasteiger partial charge in [-0.15, -0.1) is 5.10 Å². The molecule has 2 aromatic carbocycles. The number of anilines is 1. The van der Waals surface area contributed by atoms with Crippen LogP contribution in [0.1, 0.15) is 16.1 Å². The second kappa shape index (κ2) is 5.66. The van der Waals surface area contributed by atoms with Gasteiger partial charge < -0.3 is 4.98 Å². The van der Waals surface area contributed by atoms with Gasteiger partial charge in [0.15, 0.2) is 5.82 Å². The van der Waals surface area contributed by atoms with Crippen LogP contribution < -0.4 is 10.9 Å². The van der Waals surface area contributed by atoms with Crippen LogP contribution in [0.5, 0.6) is 0 Å². The number of hydrogen-bond acceptors (Lipinski definition) is 4. The molecule has 0 aliphatic heterocycles. The molecule has 0 aliphatic rings. The number of aromatic nitrogens is 3. The molecule has 2 heterocycles. The first-order valence-corrected chi connectivity index (χ1v) is 7.59. The van der Waals surface area contributed by atoms with Crippen molar-refractivity contribution in [2.24, 2.45) is 0 Å². The maximum atomic E-state index is 12.2. The smallest absolute Gasteiger partial charge is 0.269 e. The molecule has 0 radical (unpaired) electrons. The van der Waals surface area contributed by atoms with Gasteiger partial charge in [0.25, 0.3) is 5.91 Å². The van der Waals surface area contributed by atoms with Crippen molar-refractivity contribution in [2.75, 3.05) is 5.43 Å². The van der Waals surface area contributed by atoms with Crippen molar-refractivity contribution >= 4 is 33.5 Å². The number of aromatic amines is 1. The number of carbonyl (C=O) groups is 1. The van der Waals surface area contributed by atoms with Crippen LogP contribution in [0.2, 0.25) is 0 Å². The van der Waals surface area contributed by atoms with E-state index in [1.165, 1.54) is 0 Å². The highest BCUT2D eigenvalue weighted by molar-refractivity contribution is 6.13. The Morgan fingerprint density at radius 1 is 1.00 bits per heavy atom. The van der Waals surface area contributed by atoms with Crippen LogP contribution in [0.3, 0.4) is 0 Å². The molecular weight excluding hydrogens is 302 g/mol. The van der Waals surface area contributed by atoms with Gasteiger partial charge in [-0.3, -0.25) is 15.6 Å². The van der Waals surface area contributed by atoms with Gasteiger partial charge in [-0.1, -0.05) is 36.4 Å². The molecule has 6 heteroatoms. The highest BCUT2D eigenvalue weighted by Gasteiger charge is 2.14. The molecule has 0 saturated heterocycles. The number of benzene rings is 2. The number of carbonyl (C=O) groups excluding carboxylic acids is 1. The Morgan fingerprint density at radius 2 is 1.75 bits per heavy atom. The lowest BCUT2D eigenvalue weighted by Crippen LogP contribution is -2.30. The van der Waals surface area contributed by atoms with E-state index in [0.717, 1.165) is 27.5 Å². The number of nitrogens with one attached hydrogen (secondary N) is 3. The number of hydrazine groups is 1. The number of nitrogens with zero attached hydrogens (tertiary/aromatic N) is 2. The lowest BCUT2D eigenvalue weighted by Gasteiger charge is -2.09. The highest BCUT2D eigenvalue weighted by atomic mass is 16.2. The summed E-state index contributed by atoms with van der Waals surface area (Å²) in [5, 5.41) is 10.3. The van der Waals surface area contributed by atoms with Crippen LogP contribution in [0, 0.1) is 6.92 Å². The van der Waals surface area contributed by atoms with Gasteiger partial charge >= 0.3 is 0 Å². The summed E-state index contributed by atoms with van der Waals surface area (Å²) < 4.78 is 0. The van der Waals surface area contributed by atoms with E-state index in [9.17, 15) is 4.79 Å². The first kappa shape index (κ1) is 14.2. The number of amides is 1. The van der Waals surface area contributed by atoms with Crippen molar-refractivity contribution in [3.8, 4) is 0 Å². The molecule has 4 aromatic rings. The van der Waals surface area contributed by atoms with Crippen molar-refractivity contribution in [2.45, 2.75) is 6.92 Å². The van der Waals surface area contributed by atoms with Crippen molar-refractivity contribution < 1.29 is 4.79 Å². The summed E-state index contributed by atoms with van der Waals surface area (Å²) in [7, 11) is 0. The van der Waals surface area contributed by atoms with Gasteiger partial charge in [0, 0.05) is 16.5 Å². The molecule has 4 rings (SSSR count). The Morgan fingerprint density at radius 3 is 2.58 bits per heavy atom. The molecule has 0 bridgehead atoms. The molecule has 2 aromatic heterocycles. The average Bonchev–Trinajstić information content (AvgIpc) is 3.02. The molecular formula is C18H15N5O. The standard InChI is InChI=1S/C18H15N5O/c1-11-16-15(13-9-5-6-10-14(13)19-16)17(21-20-11)22-23-18(24)12-7-3-2-4-8-12/h2-10,19H,1H3,(H,21,22)(H,23,24). The maximum Gasteiger partial charge on any atom is 0.269 e. The van der Waals surface area contributed by atoms with E-state index in [0.29, 0.717) is 11.4 Å². The SMILES string of the molecule is Cc1nnc(NNC(=O)c2ccccc2)c2c1[nH]c1ccccc12. The number of para-hydroxylation sites is 1. The third-order valence-corrected chi connectivity index (χ3v) is 3.94. The zero-order valence-corrected chi connectivity index (χ0v) is 13.0. The minimum Gasteiger partial charge on any atom is -0.353 e. The van der Waals surface area contributed by atoms with E-state index in [1.807, 2.05) is 49.4 Å². The van der Waals surface area contributed by atoms with Crippen LogP contribution in [0.15, 0.2) is 54.6 Å². The Balaban J connectivity index is 1.72. The van der Waals surface area contributed by atoms with Crippen molar-refractivity contribution in [1.82, 2.24) is 20.6 Å². The minimum absolute atomic E-state index is 0.231. The predicted octanol–water partition coefficient (Wildman–Crippen LogP) is 3.18. The van der Waals surface area contributed by atoms with E-state index in [-0.39, 0.29) is 5.91 Å². The monoisotopic (exact) mass is 317 g/mol. The summed E-state index contributed by atoms with van der Waals surface area (Å²) in [6.07, 6.45) is 0. The lowest BCUT2D eigenvalue weighted by molar-refractivity contribution is 0.0962. The minimum atomic E-state index is -0.231. The van der Waals surface area contributed by atoms with E-state index in [1.54, 1.807) is 12.1 Å². The first-order valence-electron chi connectivity index (χ1n) is 7.59. The number of H-pyrrole nitrogens is 1. The van der Waals surface area contributed by atoms with E-state index in [2.05, 4.69) is 26.0 Å². The normalized spacial score (nSPS) is 10.9. The van der Waals surface area contributed by atoms with Gasteiger partial charge in [-0.25, -0.2) is 0 Å². The zero-order valence-electron chi connectivity index (χ0n) is 13.0. The molecule has 3 N–H and O–H groups in total. The first-order chi connectivity index (χ1) is 11.7. The van der Waals surface area contributed by atoms with Crippen LogP contribution in [0.4, 0.5) is 5.82 Å². The molecule has 0 fully saturated rings. The number of hydrogen-bond donors (Lipinski definition) is 3. The second-order valence-corrected chi connectivity index (χ2v) is 5.50. The molecule has 0 unspecified atom stereocenters. The van der Waals surface area contributed by atoms with Gasteiger partial charge in [0.1, 0.15) is 0 Å². The van der Waals surface area contributed by atoms with Crippen LogP contribution in [-0.2, 0) is 0 Å². The molecule has 0 saturated carbocycles. The van der Waals surface area contributed by atoms with Gasteiger partial charge in [-0.2, -0.15) is 5.10 Å². The third kappa shape index (κ3) is 2.34. The fourth-order valence-electron chi connectivity index (χ4n) is 2.75. The molecule has 24 heavy (non-hydrogen) atoms. The summed E-state index contributed by atoms with van der Waals surface area (Å²) in [6.45, 7) is 1.90. The van der Waals surface area contributed by atoms with E-state index >= 15 is 0 Å². The third-order valence-electron chi connectivity index (χ3n) is 3.94. The largest absolute Gasteiger partial charge is 0.353 e. The summed E-state index contributed by atoms with van der Waals surface area (Å²) >= 11 is 0. The topological polar surface area (TPSA) is 82.7 Å². The number of fused-ring (bicyclic) bond motifs is 3. The van der Waals surface area contributed by atoms with Crippen LogP contribution in [0.25, 0.3) is 21.8 Å². The van der Waals surface area contributed by atoms with Gasteiger partial charge in [0.2, 0.25) is 0 Å². The summed E-state index contributed by atoms with van der Waals surface area (Å²) in [6, 6.07) is 17.0. The molecule has 6 nitrogen and oxygen atoms in total. The Kier molecular flexibility index (Phi) is 3.35. The fraction of sp³-hybridized carbons (Fsp3) is 0.0556. The summed E-state index contributed by atoms with van der Waals surface area (Å²) in [5.41, 5.74) is 8.86. The molecule has 0 atom stereocenters. The maximum absolute atomic E-state index is 12.2. The molecule has 0 aliphatic carbocycles. The van der Waals surface area contributed by atoms with Crippen molar-refractivity contribution in [1.29, 1.82) is 0 Å². The van der Waals surface area contributed by atoms with Crippen LogP contribution in [-0.4, -0.2) is 21.1 Å². The lowest BCUT2D eigenvalue weighted by atomic mass is 10.2. The Labute approximate surface area is 137 Å². The Hall–Kier alpha value is -3.41. The van der Waals surface area contributed by atoms with Crippen molar-refractivity contribution in [3.05, 3.63) is 65.9 Å². The van der Waals surface area contributed by atoms with Crippen LogP contribution >= 0.6 is 0 Å². The van der Waals surface area contributed by atoms with Crippen molar-refractivity contribution in [3.63, 3.8) is 0 Å². The van der Waals surface area contributed by atoms with Gasteiger partial charge in [0.05, 0.1) is 16.6 Å². The highest BCUT2D eigenvalue weighted by Crippen LogP contribution is 2.30. The van der Waals surface area contributed by atoms with E-state index in [4.69, 9.17) is 0 Å². The molecule has 118 valence electrons. The predicted molar refractivity (Wildman–Crippen MR) is 93.7 cm³/mol. The second-order valence-electron chi connectivity index (χ2n) is 5.50. The number of aryl methyl sites for hydroxylation is 1. The Bertz CT molecular complexity index is 1040. The zero-order chi connectivity index (χ0) is 16.5. The molecule has 0 spiro atoms. The summed E-state index contributed by atoms with van der Waals surface area (Å²) in [5.74, 6) is 0.281. The van der Waals surface area contributed by atoms with E-state index < -0.39 is 0 Å². The summed E-state index contributed by atoms with van der Waals surface area (Å²) in [4.78, 5) is 15.5. The number of rotatable bonds is 3.